The van der Waals surface area contributed by atoms with Crippen molar-refractivity contribution in [2.75, 3.05) is 6.54 Å². The van der Waals surface area contributed by atoms with Crippen LogP contribution in [0.15, 0.2) is 24.3 Å². The molecular weight excluding hydrogens is 248 g/mol. The summed E-state index contributed by atoms with van der Waals surface area (Å²) in [6, 6.07) is 9.72. The molecule has 3 nitrogen and oxygen atoms in total. The molecule has 1 saturated carbocycles. The fourth-order valence-electron chi connectivity index (χ4n) is 3.00. The van der Waals surface area contributed by atoms with Crippen LogP contribution in [0.25, 0.3) is 0 Å². The van der Waals surface area contributed by atoms with Gasteiger partial charge >= 0.3 is 0 Å². The molecule has 1 aromatic rings. The predicted molar refractivity (Wildman–Crippen MR) is 80.2 cm³/mol. The summed E-state index contributed by atoms with van der Waals surface area (Å²) in [6.45, 7) is 2.80. The van der Waals surface area contributed by atoms with E-state index in [2.05, 4.69) is 18.3 Å². The lowest BCUT2D eigenvalue weighted by Crippen LogP contribution is -2.37. The van der Waals surface area contributed by atoms with Gasteiger partial charge < -0.3 is 10.4 Å². The number of aliphatic hydroxyl groups is 1. The Labute approximate surface area is 121 Å². The second kappa shape index (κ2) is 7.42. The van der Waals surface area contributed by atoms with Gasteiger partial charge in [-0.25, -0.2) is 0 Å². The Kier molecular flexibility index (Phi) is 5.58. The van der Waals surface area contributed by atoms with Gasteiger partial charge in [0.2, 0.25) is 0 Å². The number of aliphatic hydroxyl groups excluding tert-OH is 1. The van der Waals surface area contributed by atoms with Crippen molar-refractivity contribution in [1.82, 2.24) is 5.32 Å². The van der Waals surface area contributed by atoms with E-state index < -0.39 is 6.10 Å². The molecule has 1 fully saturated rings. The van der Waals surface area contributed by atoms with Crippen molar-refractivity contribution in [1.29, 1.82) is 5.26 Å². The highest BCUT2D eigenvalue weighted by Gasteiger charge is 2.20. The predicted octanol–water partition coefficient (Wildman–Crippen LogP) is 3.15. The Hall–Kier alpha value is -1.37. The molecule has 0 saturated heterocycles. The normalized spacial score (nSPS) is 19.2. The summed E-state index contributed by atoms with van der Waals surface area (Å²) in [5.74, 6) is 0.747. The van der Waals surface area contributed by atoms with Crippen molar-refractivity contribution in [3.05, 3.63) is 35.4 Å². The molecule has 1 aromatic carbocycles. The van der Waals surface area contributed by atoms with Crippen molar-refractivity contribution in [3.63, 3.8) is 0 Å². The number of hydrogen-bond acceptors (Lipinski definition) is 3. The van der Waals surface area contributed by atoms with E-state index in [-0.39, 0.29) is 0 Å². The smallest absolute Gasteiger partial charge is 0.0991 e. The van der Waals surface area contributed by atoms with Crippen LogP contribution >= 0.6 is 0 Å². The molecule has 20 heavy (non-hydrogen) atoms. The van der Waals surface area contributed by atoms with Crippen LogP contribution in [0.4, 0.5) is 0 Å². The van der Waals surface area contributed by atoms with Crippen LogP contribution < -0.4 is 5.32 Å². The average molecular weight is 272 g/mol. The molecule has 0 amide bonds. The standard InChI is InChI=1S/C17H24N2O/c1-13(15-5-3-2-4-6-15)19-12-17(20)16-9-7-14(11-18)8-10-16/h7-10,13,15,17,19-20H,2-6,12H2,1H3. The average Bonchev–Trinajstić information content (AvgIpc) is 2.53. The van der Waals surface area contributed by atoms with E-state index in [0.717, 1.165) is 11.5 Å². The highest BCUT2D eigenvalue weighted by Crippen LogP contribution is 2.26. The van der Waals surface area contributed by atoms with Gasteiger partial charge in [0.15, 0.2) is 0 Å². The van der Waals surface area contributed by atoms with Gasteiger partial charge in [0.05, 0.1) is 17.7 Å². The van der Waals surface area contributed by atoms with Crippen molar-refractivity contribution in [2.45, 2.75) is 51.2 Å². The number of nitriles is 1. The highest BCUT2D eigenvalue weighted by molar-refractivity contribution is 5.32. The van der Waals surface area contributed by atoms with Crippen molar-refractivity contribution >= 4 is 0 Å². The van der Waals surface area contributed by atoms with Crippen molar-refractivity contribution < 1.29 is 5.11 Å². The first-order chi connectivity index (χ1) is 9.70. The molecule has 2 N–H and O–H groups in total. The minimum absolute atomic E-state index is 0.461. The molecule has 2 rings (SSSR count). The number of nitrogens with one attached hydrogen (secondary N) is 1. The van der Waals surface area contributed by atoms with E-state index >= 15 is 0 Å². The van der Waals surface area contributed by atoms with Crippen LogP contribution in [0.3, 0.4) is 0 Å². The summed E-state index contributed by atoms with van der Waals surface area (Å²) in [5, 5.41) is 22.4. The Morgan fingerprint density at radius 2 is 1.90 bits per heavy atom. The van der Waals surface area contributed by atoms with E-state index in [1.165, 1.54) is 32.1 Å². The third kappa shape index (κ3) is 4.06. The molecule has 0 heterocycles. The quantitative estimate of drug-likeness (QED) is 0.865. The lowest BCUT2D eigenvalue weighted by molar-refractivity contribution is 0.161. The van der Waals surface area contributed by atoms with E-state index in [9.17, 15) is 5.11 Å². The first-order valence-electron chi connectivity index (χ1n) is 7.62. The summed E-state index contributed by atoms with van der Waals surface area (Å²) in [7, 11) is 0. The maximum Gasteiger partial charge on any atom is 0.0991 e. The summed E-state index contributed by atoms with van der Waals surface area (Å²) in [6.07, 6.45) is 6.16. The monoisotopic (exact) mass is 272 g/mol. The van der Waals surface area contributed by atoms with Gasteiger partial charge in [0.1, 0.15) is 0 Å². The lowest BCUT2D eigenvalue weighted by atomic mass is 9.84. The Bertz CT molecular complexity index is 443. The zero-order valence-electron chi connectivity index (χ0n) is 12.2. The number of nitrogens with zero attached hydrogens (tertiary/aromatic N) is 1. The Balaban J connectivity index is 1.81. The molecule has 108 valence electrons. The van der Waals surface area contributed by atoms with E-state index in [0.29, 0.717) is 18.2 Å². The molecule has 2 atom stereocenters. The molecule has 3 heteroatoms. The van der Waals surface area contributed by atoms with Crippen LogP contribution in [0, 0.1) is 17.2 Å². The molecule has 0 aliphatic heterocycles. The topological polar surface area (TPSA) is 56.0 Å². The summed E-state index contributed by atoms with van der Waals surface area (Å²) < 4.78 is 0. The fourth-order valence-corrected chi connectivity index (χ4v) is 3.00. The first kappa shape index (κ1) is 15.0. The minimum atomic E-state index is -0.506. The van der Waals surface area contributed by atoms with Crippen LogP contribution in [0.2, 0.25) is 0 Å². The van der Waals surface area contributed by atoms with E-state index in [1.807, 2.05) is 12.1 Å². The maximum atomic E-state index is 10.2. The van der Waals surface area contributed by atoms with Gasteiger partial charge in [-0.1, -0.05) is 31.4 Å². The largest absolute Gasteiger partial charge is 0.387 e. The van der Waals surface area contributed by atoms with Gasteiger partial charge in [-0.3, -0.25) is 0 Å². The minimum Gasteiger partial charge on any atom is -0.387 e. The molecule has 2 unspecified atom stereocenters. The van der Waals surface area contributed by atoms with Gasteiger partial charge in [0.25, 0.3) is 0 Å². The Morgan fingerprint density at radius 1 is 1.25 bits per heavy atom. The summed E-state index contributed by atoms with van der Waals surface area (Å²) in [5.41, 5.74) is 1.50. The van der Waals surface area contributed by atoms with Crippen LogP contribution in [0.5, 0.6) is 0 Å². The molecular formula is C17H24N2O. The highest BCUT2D eigenvalue weighted by atomic mass is 16.3. The van der Waals surface area contributed by atoms with Crippen LogP contribution in [-0.4, -0.2) is 17.7 Å². The van der Waals surface area contributed by atoms with Crippen molar-refractivity contribution in [3.8, 4) is 6.07 Å². The molecule has 1 aliphatic carbocycles. The van der Waals surface area contributed by atoms with Crippen LogP contribution in [0.1, 0.15) is 56.3 Å². The second-order valence-electron chi connectivity index (χ2n) is 5.84. The van der Waals surface area contributed by atoms with Crippen LogP contribution in [-0.2, 0) is 0 Å². The second-order valence-corrected chi connectivity index (χ2v) is 5.84. The number of hydrogen-bond donors (Lipinski definition) is 2. The molecule has 0 bridgehead atoms. The lowest BCUT2D eigenvalue weighted by Gasteiger charge is -2.29. The number of benzene rings is 1. The summed E-state index contributed by atoms with van der Waals surface area (Å²) in [4.78, 5) is 0. The molecule has 1 aliphatic rings. The van der Waals surface area contributed by atoms with Gasteiger partial charge in [-0.2, -0.15) is 5.26 Å². The molecule has 0 spiro atoms. The number of rotatable bonds is 5. The zero-order valence-corrected chi connectivity index (χ0v) is 12.2. The fraction of sp³-hybridized carbons (Fsp3) is 0.588. The summed E-state index contributed by atoms with van der Waals surface area (Å²) >= 11 is 0. The van der Waals surface area contributed by atoms with Gasteiger partial charge in [0, 0.05) is 12.6 Å². The first-order valence-corrected chi connectivity index (χ1v) is 7.62. The third-order valence-electron chi connectivity index (χ3n) is 4.41. The SMILES string of the molecule is CC(NCC(O)c1ccc(C#N)cc1)C1CCCCC1. The third-order valence-corrected chi connectivity index (χ3v) is 4.41. The van der Waals surface area contributed by atoms with Crippen molar-refractivity contribution in [2.24, 2.45) is 5.92 Å². The van der Waals surface area contributed by atoms with Gasteiger partial charge in [-0.05, 0) is 43.4 Å². The maximum absolute atomic E-state index is 10.2. The zero-order chi connectivity index (χ0) is 14.4. The van der Waals surface area contributed by atoms with E-state index in [4.69, 9.17) is 5.26 Å². The molecule has 0 aromatic heterocycles. The Morgan fingerprint density at radius 3 is 2.50 bits per heavy atom. The van der Waals surface area contributed by atoms with Gasteiger partial charge in [-0.15, -0.1) is 0 Å². The molecule has 0 radical (unpaired) electrons. The van der Waals surface area contributed by atoms with E-state index in [1.54, 1.807) is 12.1 Å².